The number of rotatable bonds is 8. The van der Waals surface area contributed by atoms with Crippen LogP contribution in [0.3, 0.4) is 0 Å². The van der Waals surface area contributed by atoms with Crippen LogP contribution < -0.4 is 4.74 Å². The minimum Gasteiger partial charge on any atom is -0.491 e. The van der Waals surface area contributed by atoms with E-state index in [4.69, 9.17) is 27.9 Å². The molecule has 0 heterocycles. The van der Waals surface area contributed by atoms with E-state index in [2.05, 4.69) is 32.6 Å². The molecular formula is C16H25Cl2NO. The molecular weight excluding hydrogens is 293 g/mol. The van der Waals surface area contributed by atoms with Crippen molar-refractivity contribution in [2.75, 3.05) is 26.2 Å². The molecule has 0 atom stereocenters. The maximum absolute atomic E-state index is 6.09. The van der Waals surface area contributed by atoms with Crippen LogP contribution in [0.5, 0.6) is 5.75 Å². The minimum absolute atomic E-state index is 0.566. The summed E-state index contributed by atoms with van der Waals surface area (Å²) in [5.41, 5.74) is 0. The van der Waals surface area contributed by atoms with Crippen LogP contribution in [0.25, 0.3) is 0 Å². The van der Waals surface area contributed by atoms with E-state index in [9.17, 15) is 0 Å². The van der Waals surface area contributed by atoms with Crippen LogP contribution in [-0.4, -0.2) is 31.1 Å². The van der Waals surface area contributed by atoms with Crippen molar-refractivity contribution in [3.63, 3.8) is 0 Å². The zero-order valence-electron chi connectivity index (χ0n) is 12.8. The molecule has 0 unspecified atom stereocenters. The Morgan fingerprint density at radius 2 is 1.65 bits per heavy atom. The molecule has 0 bridgehead atoms. The van der Waals surface area contributed by atoms with E-state index < -0.39 is 0 Å². The van der Waals surface area contributed by atoms with Crippen LogP contribution in [-0.2, 0) is 0 Å². The van der Waals surface area contributed by atoms with Gasteiger partial charge in [-0.15, -0.1) is 0 Å². The molecule has 1 rings (SSSR count). The molecule has 0 spiro atoms. The van der Waals surface area contributed by atoms with Crippen molar-refractivity contribution in [3.05, 3.63) is 28.2 Å². The number of ether oxygens (including phenoxy) is 1. The van der Waals surface area contributed by atoms with Crippen LogP contribution in [0.2, 0.25) is 10.0 Å². The molecule has 4 heteroatoms. The molecule has 0 aliphatic heterocycles. The van der Waals surface area contributed by atoms with Crippen LogP contribution in [0.15, 0.2) is 18.2 Å². The molecule has 0 saturated carbocycles. The second-order valence-corrected chi connectivity index (χ2v) is 6.81. The van der Waals surface area contributed by atoms with Gasteiger partial charge in [0.25, 0.3) is 0 Å². The largest absolute Gasteiger partial charge is 0.491 e. The third-order valence-electron chi connectivity index (χ3n) is 2.81. The van der Waals surface area contributed by atoms with Gasteiger partial charge in [0.2, 0.25) is 0 Å². The first kappa shape index (κ1) is 17.6. The second kappa shape index (κ2) is 8.76. The molecule has 114 valence electrons. The van der Waals surface area contributed by atoms with Gasteiger partial charge >= 0.3 is 0 Å². The minimum atomic E-state index is 0.566. The predicted octanol–water partition coefficient (Wildman–Crippen LogP) is 4.99. The van der Waals surface area contributed by atoms with Crippen LogP contribution in [0, 0.1) is 11.8 Å². The molecule has 0 aromatic heterocycles. The highest BCUT2D eigenvalue weighted by atomic mass is 35.5. The molecule has 20 heavy (non-hydrogen) atoms. The zero-order valence-corrected chi connectivity index (χ0v) is 14.3. The van der Waals surface area contributed by atoms with Gasteiger partial charge in [0.15, 0.2) is 0 Å². The van der Waals surface area contributed by atoms with E-state index >= 15 is 0 Å². The molecule has 0 radical (unpaired) electrons. The van der Waals surface area contributed by atoms with Gasteiger partial charge < -0.3 is 4.74 Å². The standard InChI is InChI=1S/C16H25Cl2NO/c1-12(2)10-19(11-13(3)4)7-8-20-16-6-5-14(17)9-15(16)18/h5-6,9,12-13H,7-8,10-11H2,1-4H3. The van der Waals surface area contributed by atoms with E-state index in [0.717, 1.165) is 19.6 Å². The number of nitrogens with zero attached hydrogens (tertiary/aromatic N) is 1. The van der Waals surface area contributed by atoms with E-state index in [1.165, 1.54) is 0 Å². The molecule has 0 amide bonds. The molecule has 0 fully saturated rings. The fourth-order valence-corrected chi connectivity index (χ4v) is 2.63. The van der Waals surface area contributed by atoms with Crippen LogP contribution >= 0.6 is 23.2 Å². The van der Waals surface area contributed by atoms with E-state index in [1.807, 2.05) is 6.07 Å². The van der Waals surface area contributed by atoms with Crippen molar-refractivity contribution in [1.82, 2.24) is 4.90 Å². The van der Waals surface area contributed by atoms with Gasteiger partial charge in [0.1, 0.15) is 12.4 Å². The van der Waals surface area contributed by atoms with Gasteiger partial charge in [-0.3, -0.25) is 4.90 Å². The Labute approximate surface area is 133 Å². The topological polar surface area (TPSA) is 12.5 Å². The van der Waals surface area contributed by atoms with E-state index in [1.54, 1.807) is 12.1 Å². The highest BCUT2D eigenvalue weighted by Crippen LogP contribution is 2.27. The summed E-state index contributed by atoms with van der Waals surface area (Å²) in [4.78, 5) is 2.44. The fraction of sp³-hybridized carbons (Fsp3) is 0.625. The smallest absolute Gasteiger partial charge is 0.138 e. The summed E-state index contributed by atoms with van der Waals surface area (Å²) in [6.45, 7) is 12.7. The van der Waals surface area contributed by atoms with Crippen molar-refractivity contribution >= 4 is 23.2 Å². The van der Waals surface area contributed by atoms with Crippen molar-refractivity contribution in [1.29, 1.82) is 0 Å². The van der Waals surface area contributed by atoms with Crippen LogP contribution in [0.4, 0.5) is 0 Å². The maximum Gasteiger partial charge on any atom is 0.138 e. The number of hydrogen-bond donors (Lipinski definition) is 0. The number of hydrogen-bond acceptors (Lipinski definition) is 2. The van der Waals surface area contributed by atoms with Crippen molar-refractivity contribution in [3.8, 4) is 5.75 Å². The SMILES string of the molecule is CC(C)CN(CCOc1ccc(Cl)cc1Cl)CC(C)C. The Morgan fingerprint density at radius 1 is 1.05 bits per heavy atom. The normalized spacial score (nSPS) is 11.7. The lowest BCUT2D eigenvalue weighted by Crippen LogP contribution is -2.34. The molecule has 2 nitrogen and oxygen atoms in total. The summed E-state index contributed by atoms with van der Waals surface area (Å²) in [7, 11) is 0. The highest BCUT2D eigenvalue weighted by Gasteiger charge is 2.10. The first-order chi connectivity index (χ1) is 9.38. The summed E-state index contributed by atoms with van der Waals surface area (Å²) < 4.78 is 5.75. The monoisotopic (exact) mass is 317 g/mol. The summed E-state index contributed by atoms with van der Waals surface area (Å²) in [5, 5.41) is 1.19. The first-order valence-corrected chi connectivity index (χ1v) is 7.94. The molecule has 0 N–H and O–H groups in total. The Balaban J connectivity index is 2.46. The van der Waals surface area contributed by atoms with E-state index in [-0.39, 0.29) is 0 Å². The van der Waals surface area contributed by atoms with Crippen LogP contribution in [0.1, 0.15) is 27.7 Å². The van der Waals surface area contributed by atoms with Crippen molar-refractivity contribution < 1.29 is 4.74 Å². The van der Waals surface area contributed by atoms with Gasteiger partial charge in [-0.1, -0.05) is 50.9 Å². The third-order valence-corrected chi connectivity index (χ3v) is 3.34. The predicted molar refractivity (Wildman–Crippen MR) is 88.1 cm³/mol. The molecule has 0 aliphatic rings. The second-order valence-electron chi connectivity index (χ2n) is 5.97. The summed E-state index contributed by atoms with van der Waals surface area (Å²) in [6.07, 6.45) is 0. The molecule has 1 aromatic carbocycles. The quantitative estimate of drug-likeness (QED) is 0.670. The Hall–Kier alpha value is -0.440. The fourth-order valence-electron chi connectivity index (χ4n) is 2.17. The number of benzene rings is 1. The summed E-state index contributed by atoms with van der Waals surface area (Å²) in [6, 6.07) is 5.32. The summed E-state index contributed by atoms with van der Waals surface area (Å²) in [5.74, 6) is 2.02. The highest BCUT2D eigenvalue weighted by molar-refractivity contribution is 6.35. The zero-order chi connectivity index (χ0) is 15.1. The average molecular weight is 318 g/mol. The van der Waals surface area contributed by atoms with Gasteiger partial charge in [-0.05, 0) is 30.0 Å². The van der Waals surface area contributed by atoms with Crippen molar-refractivity contribution in [2.24, 2.45) is 11.8 Å². The van der Waals surface area contributed by atoms with Gasteiger partial charge in [0.05, 0.1) is 5.02 Å². The van der Waals surface area contributed by atoms with Gasteiger partial charge in [-0.25, -0.2) is 0 Å². The lowest BCUT2D eigenvalue weighted by atomic mass is 10.1. The van der Waals surface area contributed by atoms with Gasteiger partial charge in [0, 0.05) is 24.7 Å². The first-order valence-electron chi connectivity index (χ1n) is 7.18. The Kier molecular flexibility index (Phi) is 7.71. The molecule has 0 saturated heterocycles. The van der Waals surface area contributed by atoms with Gasteiger partial charge in [-0.2, -0.15) is 0 Å². The average Bonchev–Trinajstić information content (AvgIpc) is 2.30. The summed E-state index contributed by atoms with van der Waals surface area (Å²) >= 11 is 12.0. The lowest BCUT2D eigenvalue weighted by Gasteiger charge is -2.26. The van der Waals surface area contributed by atoms with E-state index in [0.29, 0.717) is 34.2 Å². The molecule has 1 aromatic rings. The number of halogens is 2. The molecule has 0 aliphatic carbocycles. The lowest BCUT2D eigenvalue weighted by molar-refractivity contribution is 0.177. The Morgan fingerprint density at radius 3 is 2.15 bits per heavy atom. The third kappa shape index (κ3) is 6.83. The Bertz CT molecular complexity index is 397. The maximum atomic E-state index is 6.09. The van der Waals surface area contributed by atoms with Crippen molar-refractivity contribution in [2.45, 2.75) is 27.7 Å².